The van der Waals surface area contributed by atoms with Gasteiger partial charge in [0.2, 0.25) is 0 Å². The third-order valence-corrected chi connectivity index (χ3v) is 14.0. The molecule has 1 atom stereocenters. The Hall–Kier alpha value is -7.52. The fourth-order valence-corrected chi connectivity index (χ4v) is 11.5. The minimum Gasteiger partial charge on any atom is -0.310 e. The molecule has 12 rings (SSSR count). The summed E-state index contributed by atoms with van der Waals surface area (Å²) in [5, 5.41) is 0. The lowest BCUT2D eigenvalue weighted by Crippen LogP contribution is -2.26. The number of fused-ring (bicyclic) bond motifs is 10. The van der Waals surface area contributed by atoms with Crippen molar-refractivity contribution in [2.24, 2.45) is 0 Å². The second-order valence-electron chi connectivity index (χ2n) is 15.9. The van der Waals surface area contributed by atoms with E-state index in [-0.39, 0.29) is 0 Å². The lowest BCUT2D eigenvalue weighted by molar-refractivity contribution is 0.798. The van der Waals surface area contributed by atoms with E-state index in [2.05, 4.69) is 241 Å². The Bertz CT molecular complexity index is 3120. The van der Waals surface area contributed by atoms with E-state index in [0.717, 1.165) is 17.1 Å². The van der Waals surface area contributed by atoms with Gasteiger partial charge in [0.1, 0.15) is 0 Å². The summed E-state index contributed by atoms with van der Waals surface area (Å²) in [7, 11) is 0. The SMILES string of the molecule is c1ccc(-c2ccc(N(c3ccc(-c4ccccc4)cc3)c3cccc4c3-c3ccccc3C43c4ccccc4-c4c(-c5ccccc5)sc(-c5ccccc5)c43)cc2)cc1. The highest BCUT2D eigenvalue weighted by atomic mass is 32.1. The highest BCUT2D eigenvalue weighted by molar-refractivity contribution is 7.19. The average Bonchev–Trinajstić information content (AvgIpc) is 3.98. The molecule has 1 nitrogen and oxygen atoms in total. The van der Waals surface area contributed by atoms with Crippen molar-refractivity contribution in [3.8, 4) is 65.4 Å². The standard InChI is InChI=1S/C59H39NS/c1-5-18-40(19-6-1)42-32-36-46(37-33-42)60(47-38-34-43(35-39-47)41-20-7-2-8-21-41)53-31-17-30-52-54(53)48-26-13-15-28-50(48)59(52)51-29-16-14-27-49(51)55-56(59)58(45-24-11-4-12-25-45)61-57(55)44-22-9-3-10-23-44/h1-39H. The van der Waals surface area contributed by atoms with Crippen LogP contribution in [0.25, 0.3) is 65.4 Å². The molecule has 0 saturated carbocycles. The number of rotatable bonds is 7. The van der Waals surface area contributed by atoms with Gasteiger partial charge in [-0.1, -0.05) is 206 Å². The van der Waals surface area contributed by atoms with Gasteiger partial charge in [0.15, 0.2) is 0 Å². The minimum atomic E-state index is -0.539. The van der Waals surface area contributed by atoms with Crippen LogP contribution in [-0.2, 0) is 5.41 Å². The summed E-state index contributed by atoms with van der Waals surface area (Å²) in [4.78, 5) is 5.12. The Morgan fingerprint density at radius 1 is 0.295 bits per heavy atom. The van der Waals surface area contributed by atoms with Crippen molar-refractivity contribution in [3.63, 3.8) is 0 Å². The van der Waals surface area contributed by atoms with Gasteiger partial charge in [-0.15, -0.1) is 11.3 Å². The van der Waals surface area contributed by atoms with Gasteiger partial charge in [-0.05, 0) is 97.1 Å². The molecule has 0 saturated heterocycles. The summed E-state index contributed by atoms with van der Waals surface area (Å²) in [5.41, 5.74) is 20.7. The number of hydrogen-bond acceptors (Lipinski definition) is 2. The summed E-state index contributed by atoms with van der Waals surface area (Å²) in [6.45, 7) is 0. The first-order chi connectivity index (χ1) is 30.3. The van der Waals surface area contributed by atoms with Crippen LogP contribution in [0.2, 0.25) is 0 Å². The van der Waals surface area contributed by atoms with Crippen LogP contribution in [-0.4, -0.2) is 0 Å². The first-order valence-corrected chi connectivity index (χ1v) is 21.8. The van der Waals surface area contributed by atoms with Crippen molar-refractivity contribution in [1.82, 2.24) is 0 Å². The molecular weight excluding hydrogens is 755 g/mol. The molecule has 0 bridgehead atoms. The fourth-order valence-electron chi connectivity index (χ4n) is 10.1. The van der Waals surface area contributed by atoms with Crippen LogP contribution in [0.4, 0.5) is 17.1 Å². The smallest absolute Gasteiger partial charge is 0.0740 e. The summed E-state index contributed by atoms with van der Waals surface area (Å²) in [6.07, 6.45) is 0. The van der Waals surface area contributed by atoms with E-state index in [1.54, 1.807) is 0 Å². The van der Waals surface area contributed by atoms with E-state index in [1.807, 2.05) is 11.3 Å². The van der Waals surface area contributed by atoms with Crippen LogP contribution < -0.4 is 4.90 Å². The highest BCUT2D eigenvalue weighted by Crippen LogP contribution is 2.69. The largest absolute Gasteiger partial charge is 0.310 e. The average molecular weight is 794 g/mol. The third kappa shape index (κ3) is 5.46. The molecule has 10 aromatic rings. The first-order valence-electron chi connectivity index (χ1n) is 21.0. The Morgan fingerprint density at radius 3 is 1.20 bits per heavy atom. The van der Waals surface area contributed by atoms with E-state index in [4.69, 9.17) is 0 Å². The molecule has 0 fully saturated rings. The van der Waals surface area contributed by atoms with Gasteiger partial charge in [-0.2, -0.15) is 0 Å². The second kappa shape index (κ2) is 14.3. The fraction of sp³-hybridized carbons (Fsp3) is 0.0169. The van der Waals surface area contributed by atoms with Crippen LogP contribution in [0.5, 0.6) is 0 Å². The third-order valence-electron chi connectivity index (χ3n) is 12.7. The maximum Gasteiger partial charge on any atom is 0.0740 e. The quantitative estimate of drug-likeness (QED) is 0.155. The summed E-state index contributed by atoms with van der Waals surface area (Å²) < 4.78 is 0. The second-order valence-corrected chi connectivity index (χ2v) is 17.0. The molecular formula is C59H39NS. The Balaban J connectivity index is 1.14. The minimum absolute atomic E-state index is 0.539. The van der Waals surface area contributed by atoms with Crippen LogP contribution in [0.15, 0.2) is 237 Å². The molecule has 0 radical (unpaired) electrons. The van der Waals surface area contributed by atoms with Gasteiger partial charge in [0.05, 0.1) is 11.1 Å². The van der Waals surface area contributed by atoms with Crippen molar-refractivity contribution < 1.29 is 0 Å². The number of benzene rings is 9. The summed E-state index contributed by atoms with van der Waals surface area (Å²) in [5.74, 6) is 0. The molecule has 61 heavy (non-hydrogen) atoms. The van der Waals surface area contributed by atoms with Crippen LogP contribution in [0, 0.1) is 0 Å². The Labute approximate surface area is 361 Å². The number of hydrogen-bond donors (Lipinski definition) is 0. The predicted octanol–water partition coefficient (Wildman–Crippen LogP) is 16.2. The summed E-state index contributed by atoms with van der Waals surface area (Å²) in [6, 6.07) is 87.0. The van der Waals surface area contributed by atoms with E-state index < -0.39 is 5.41 Å². The van der Waals surface area contributed by atoms with E-state index >= 15 is 0 Å². The summed E-state index contributed by atoms with van der Waals surface area (Å²) >= 11 is 1.93. The Kier molecular flexibility index (Phi) is 8.33. The van der Waals surface area contributed by atoms with E-state index in [9.17, 15) is 0 Å². The van der Waals surface area contributed by atoms with Gasteiger partial charge in [-0.3, -0.25) is 0 Å². The molecule has 2 aliphatic rings. The van der Waals surface area contributed by atoms with Crippen molar-refractivity contribution in [3.05, 3.63) is 259 Å². The van der Waals surface area contributed by atoms with Gasteiger partial charge < -0.3 is 4.90 Å². The molecule has 0 amide bonds. The van der Waals surface area contributed by atoms with Gasteiger partial charge in [-0.25, -0.2) is 0 Å². The van der Waals surface area contributed by atoms with Gasteiger partial charge in [0, 0.05) is 32.3 Å². The van der Waals surface area contributed by atoms with Crippen molar-refractivity contribution in [2.45, 2.75) is 5.41 Å². The van der Waals surface area contributed by atoms with Crippen LogP contribution in [0.1, 0.15) is 22.3 Å². The lowest BCUT2D eigenvalue weighted by Gasteiger charge is -2.32. The molecule has 1 heterocycles. The molecule has 1 spiro atoms. The zero-order valence-corrected chi connectivity index (χ0v) is 34.2. The highest BCUT2D eigenvalue weighted by Gasteiger charge is 2.55. The predicted molar refractivity (Wildman–Crippen MR) is 257 cm³/mol. The molecule has 1 unspecified atom stereocenters. The monoisotopic (exact) mass is 793 g/mol. The topological polar surface area (TPSA) is 3.24 Å². The number of anilines is 3. The molecule has 1 aromatic heterocycles. The van der Waals surface area contributed by atoms with E-state index in [1.165, 1.54) is 87.6 Å². The first kappa shape index (κ1) is 35.4. The maximum absolute atomic E-state index is 2.47. The Morgan fingerprint density at radius 2 is 0.689 bits per heavy atom. The molecule has 286 valence electrons. The number of thiophene rings is 1. The van der Waals surface area contributed by atoms with Gasteiger partial charge in [0.25, 0.3) is 0 Å². The zero-order chi connectivity index (χ0) is 40.3. The van der Waals surface area contributed by atoms with Crippen molar-refractivity contribution in [2.75, 3.05) is 4.90 Å². The molecule has 9 aromatic carbocycles. The molecule has 2 heteroatoms. The van der Waals surface area contributed by atoms with Crippen molar-refractivity contribution >= 4 is 28.4 Å². The lowest BCUT2D eigenvalue weighted by atomic mass is 9.70. The number of nitrogens with zero attached hydrogens (tertiary/aromatic N) is 1. The maximum atomic E-state index is 2.47. The van der Waals surface area contributed by atoms with E-state index in [0.29, 0.717) is 0 Å². The zero-order valence-electron chi connectivity index (χ0n) is 33.4. The van der Waals surface area contributed by atoms with Crippen LogP contribution >= 0.6 is 11.3 Å². The molecule has 2 aliphatic carbocycles. The van der Waals surface area contributed by atoms with Crippen LogP contribution in [0.3, 0.4) is 0 Å². The molecule has 0 N–H and O–H groups in total. The van der Waals surface area contributed by atoms with Gasteiger partial charge >= 0.3 is 0 Å². The normalized spacial score (nSPS) is 14.3. The molecule has 0 aliphatic heterocycles. The van der Waals surface area contributed by atoms with Crippen molar-refractivity contribution in [1.29, 1.82) is 0 Å².